The zero-order valence-corrected chi connectivity index (χ0v) is 13.5. The molecule has 1 heterocycles. The fourth-order valence-electron chi connectivity index (χ4n) is 1.84. The molecule has 0 unspecified atom stereocenters. The summed E-state index contributed by atoms with van der Waals surface area (Å²) < 4.78 is 30.3. The van der Waals surface area contributed by atoms with E-state index in [0.29, 0.717) is 17.9 Å². The summed E-state index contributed by atoms with van der Waals surface area (Å²) in [6, 6.07) is 10.5. The molecule has 0 aliphatic heterocycles. The number of rotatable bonds is 7. The number of carbonyl (C=O) groups excluding carboxylic acids is 1. The van der Waals surface area contributed by atoms with Gasteiger partial charge in [0.05, 0.1) is 12.0 Å². The van der Waals surface area contributed by atoms with Gasteiger partial charge in [0.2, 0.25) is 15.9 Å². The molecule has 2 N–H and O–H groups in total. The molecule has 0 spiro atoms. The zero-order valence-electron chi connectivity index (χ0n) is 12.7. The molecule has 2 rings (SSSR count). The second kappa shape index (κ2) is 7.75. The van der Waals surface area contributed by atoms with Crippen LogP contribution in [0.15, 0.2) is 53.2 Å². The van der Waals surface area contributed by atoms with Crippen molar-refractivity contribution in [1.82, 2.24) is 10.0 Å². The van der Waals surface area contributed by atoms with E-state index in [-0.39, 0.29) is 11.7 Å². The highest BCUT2D eigenvalue weighted by Crippen LogP contribution is 2.08. The van der Waals surface area contributed by atoms with Gasteiger partial charge >= 0.3 is 0 Å². The molecule has 2 aromatic rings. The average Bonchev–Trinajstić information content (AvgIpc) is 3.05. The third-order valence-electron chi connectivity index (χ3n) is 3.10. The maximum Gasteiger partial charge on any atom is 0.244 e. The van der Waals surface area contributed by atoms with Crippen LogP contribution < -0.4 is 10.0 Å². The highest BCUT2D eigenvalue weighted by atomic mass is 32.2. The topological polar surface area (TPSA) is 88.4 Å². The van der Waals surface area contributed by atoms with Crippen molar-refractivity contribution in [2.24, 2.45) is 0 Å². The van der Waals surface area contributed by atoms with E-state index in [4.69, 9.17) is 4.42 Å². The number of hydrogen-bond acceptors (Lipinski definition) is 4. The van der Waals surface area contributed by atoms with Crippen molar-refractivity contribution in [1.29, 1.82) is 0 Å². The van der Waals surface area contributed by atoms with Crippen LogP contribution in [0.3, 0.4) is 0 Å². The average molecular weight is 334 g/mol. The Balaban J connectivity index is 1.85. The molecule has 23 heavy (non-hydrogen) atoms. The largest absolute Gasteiger partial charge is 0.465 e. The van der Waals surface area contributed by atoms with Gasteiger partial charge in [-0.15, -0.1) is 0 Å². The SMILES string of the molecule is CNS(=O)(=O)Cc1ccc(CNC(=O)/C=C/c2ccco2)cc1. The lowest BCUT2D eigenvalue weighted by Gasteiger charge is -2.05. The third-order valence-corrected chi connectivity index (χ3v) is 4.43. The second-order valence-electron chi connectivity index (χ2n) is 4.85. The van der Waals surface area contributed by atoms with Crippen LogP contribution >= 0.6 is 0 Å². The molecule has 7 heteroatoms. The van der Waals surface area contributed by atoms with Crippen LogP contribution in [0.25, 0.3) is 6.08 Å². The Morgan fingerprint density at radius 3 is 2.48 bits per heavy atom. The first kappa shape index (κ1) is 17.0. The summed E-state index contributed by atoms with van der Waals surface area (Å²) in [5.74, 6) is 0.306. The number of sulfonamides is 1. The molecule has 0 aliphatic carbocycles. The Hall–Kier alpha value is -2.38. The number of carbonyl (C=O) groups is 1. The molecule has 0 saturated heterocycles. The van der Waals surface area contributed by atoms with Gasteiger partial charge in [-0.3, -0.25) is 4.79 Å². The fraction of sp³-hybridized carbons (Fsp3) is 0.188. The van der Waals surface area contributed by atoms with Gasteiger partial charge in [-0.25, -0.2) is 13.1 Å². The standard InChI is InChI=1S/C16H18N2O4S/c1-17-23(20,21)12-14-6-4-13(5-7-14)11-18-16(19)9-8-15-3-2-10-22-15/h2-10,17H,11-12H2,1H3,(H,18,19)/b9-8+. The molecular formula is C16H18N2O4S. The van der Waals surface area contributed by atoms with Crippen molar-refractivity contribution in [3.63, 3.8) is 0 Å². The van der Waals surface area contributed by atoms with Crippen molar-refractivity contribution >= 4 is 22.0 Å². The quantitative estimate of drug-likeness (QED) is 0.754. The maximum atomic E-state index is 11.7. The molecule has 122 valence electrons. The van der Waals surface area contributed by atoms with Gasteiger partial charge in [0.1, 0.15) is 5.76 Å². The van der Waals surface area contributed by atoms with E-state index in [9.17, 15) is 13.2 Å². The van der Waals surface area contributed by atoms with Crippen LogP contribution in [-0.4, -0.2) is 21.4 Å². The van der Waals surface area contributed by atoms with Gasteiger partial charge in [0.25, 0.3) is 0 Å². The Kier molecular flexibility index (Phi) is 5.72. The van der Waals surface area contributed by atoms with E-state index in [0.717, 1.165) is 5.56 Å². The van der Waals surface area contributed by atoms with E-state index in [1.54, 1.807) is 42.5 Å². The lowest BCUT2D eigenvalue weighted by Crippen LogP contribution is -2.21. The number of hydrogen-bond donors (Lipinski definition) is 2. The lowest BCUT2D eigenvalue weighted by atomic mass is 10.1. The minimum absolute atomic E-state index is 0.0674. The molecular weight excluding hydrogens is 316 g/mol. The minimum atomic E-state index is -3.28. The number of nitrogens with one attached hydrogen (secondary N) is 2. The van der Waals surface area contributed by atoms with E-state index in [1.807, 2.05) is 0 Å². The molecule has 6 nitrogen and oxygen atoms in total. The first-order chi connectivity index (χ1) is 11.0. The van der Waals surface area contributed by atoms with Crippen LogP contribution in [0.2, 0.25) is 0 Å². The van der Waals surface area contributed by atoms with E-state index < -0.39 is 10.0 Å². The van der Waals surface area contributed by atoms with E-state index in [1.165, 1.54) is 19.4 Å². The smallest absolute Gasteiger partial charge is 0.244 e. The monoisotopic (exact) mass is 334 g/mol. The first-order valence-corrected chi connectivity index (χ1v) is 8.62. The number of furan rings is 1. The number of amides is 1. The van der Waals surface area contributed by atoms with Gasteiger partial charge in [0.15, 0.2) is 0 Å². The van der Waals surface area contributed by atoms with Gasteiger partial charge in [-0.05, 0) is 36.4 Å². The minimum Gasteiger partial charge on any atom is -0.465 e. The van der Waals surface area contributed by atoms with Crippen molar-refractivity contribution in [2.75, 3.05) is 7.05 Å². The molecule has 0 aliphatic rings. The molecule has 0 atom stereocenters. The number of benzene rings is 1. The molecule has 0 saturated carbocycles. The van der Waals surface area contributed by atoms with Gasteiger partial charge < -0.3 is 9.73 Å². The third kappa shape index (κ3) is 5.72. The predicted molar refractivity (Wildman–Crippen MR) is 87.7 cm³/mol. The fourth-order valence-corrected chi connectivity index (χ4v) is 2.61. The van der Waals surface area contributed by atoms with Crippen LogP contribution in [-0.2, 0) is 27.1 Å². The van der Waals surface area contributed by atoms with E-state index in [2.05, 4.69) is 10.0 Å². The highest BCUT2D eigenvalue weighted by molar-refractivity contribution is 7.88. The molecule has 0 radical (unpaired) electrons. The zero-order chi connectivity index (χ0) is 16.7. The van der Waals surface area contributed by atoms with Crippen LogP contribution in [0.1, 0.15) is 16.9 Å². The summed E-state index contributed by atoms with van der Waals surface area (Å²) in [6.45, 7) is 0.361. The summed E-state index contributed by atoms with van der Waals surface area (Å²) >= 11 is 0. The Morgan fingerprint density at radius 2 is 1.87 bits per heavy atom. The Bertz CT molecular complexity index is 763. The molecule has 1 aromatic carbocycles. The van der Waals surface area contributed by atoms with Crippen molar-refractivity contribution in [2.45, 2.75) is 12.3 Å². The van der Waals surface area contributed by atoms with Crippen LogP contribution in [0.4, 0.5) is 0 Å². The van der Waals surface area contributed by atoms with Crippen LogP contribution in [0, 0.1) is 0 Å². The summed E-state index contributed by atoms with van der Waals surface area (Å²) in [5.41, 5.74) is 1.57. The second-order valence-corrected chi connectivity index (χ2v) is 6.77. The van der Waals surface area contributed by atoms with Crippen molar-refractivity contribution in [3.05, 3.63) is 65.6 Å². The van der Waals surface area contributed by atoms with Crippen molar-refractivity contribution in [3.8, 4) is 0 Å². The first-order valence-electron chi connectivity index (χ1n) is 6.97. The molecule has 1 amide bonds. The Labute approximate surface area is 135 Å². The maximum absolute atomic E-state index is 11.7. The van der Waals surface area contributed by atoms with E-state index >= 15 is 0 Å². The summed E-state index contributed by atoms with van der Waals surface area (Å²) in [7, 11) is -1.89. The van der Waals surface area contributed by atoms with Gasteiger partial charge in [0, 0.05) is 12.6 Å². The van der Waals surface area contributed by atoms with Crippen molar-refractivity contribution < 1.29 is 17.6 Å². The summed E-state index contributed by atoms with van der Waals surface area (Å²) in [4.78, 5) is 11.7. The summed E-state index contributed by atoms with van der Waals surface area (Å²) in [6.07, 6.45) is 4.52. The molecule has 1 aromatic heterocycles. The normalized spacial score (nSPS) is 11.7. The molecule has 0 bridgehead atoms. The van der Waals surface area contributed by atoms with Gasteiger partial charge in [-0.2, -0.15) is 0 Å². The molecule has 0 fully saturated rings. The lowest BCUT2D eigenvalue weighted by molar-refractivity contribution is -0.116. The predicted octanol–water partition coefficient (Wildman–Crippen LogP) is 1.66. The van der Waals surface area contributed by atoms with Gasteiger partial charge in [-0.1, -0.05) is 24.3 Å². The summed E-state index contributed by atoms with van der Waals surface area (Å²) in [5, 5.41) is 2.74. The highest BCUT2D eigenvalue weighted by Gasteiger charge is 2.08. The van der Waals surface area contributed by atoms with Crippen LogP contribution in [0.5, 0.6) is 0 Å². The Morgan fingerprint density at radius 1 is 1.17 bits per heavy atom.